The normalized spacial score (nSPS) is 19.5. The molecule has 4 heterocycles. The number of alkyl halides is 3. The summed E-state index contributed by atoms with van der Waals surface area (Å²) in [5, 5.41) is 0. The summed E-state index contributed by atoms with van der Waals surface area (Å²) in [5.74, 6) is 1.41. The van der Waals surface area contributed by atoms with Crippen LogP contribution in [-0.4, -0.2) is 54.3 Å². The lowest BCUT2D eigenvalue weighted by atomic mass is 9.94. The number of halogens is 3. The second-order valence-electron chi connectivity index (χ2n) is 7.96. The number of likely N-dealkylation sites (tertiary alicyclic amines) is 1. The number of methoxy groups -OCH3 is 1. The molecule has 0 aromatic carbocycles. The third kappa shape index (κ3) is 5.81. The molecule has 0 radical (unpaired) electrons. The maximum atomic E-state index is 12.8. The lowest BCUT2D eigenvalue weighted by molar-refractivity contribution is -0.274. The van der Waals surface area contributed by atoms with Crippen LogP contribution in [0.5, 0.6) is 5.75 Å². The quantitative estimate of drug-likeness (QED) is 0.603. The third-order valence-electron chi connectivity index (χ3n) is 5.79. The molecule has 1 unspecified atom stereocenters. The Morgan fingerprint density at radius 1 is 1.15 bits per heavy atom. The highest BCUT2D eigenvalue weighted by Crippen LogP contribution is 2.37. The first-order valence-electron chi connectivity index (χ1n) is 10.8. The van der Waals surface area contributed by atoms with Crippen LogP contribution in [0, 0.1) is 5.92 Å². The molecule has 0 bridgehead atoms. The van der Waals surface area contributed by atoms with Crippen molar-refractivity contribution >= 4 is 12.0 Å². The van der Waals surface area contributed by atoms with Gasteiger partial charge < -0.3 is 14.4 Å². The number of anilines is 1. The van der Waals surface area contributed by atoms with Crippen LogP contribution in [0.2, 0.25) is 0 Å². The average molecular weight is 461 g/mol. The molecular formula is C23H26F3N5O2. The molecule has 0 N–H and O–H groups in total. The summed E-state index contributed by atoms with van der Waals surface area (Å²) in [6, 6.07) is 6.17. The van der Waals surface area contributed by atoms with Crippen molar-refractivity contribution in [2.45, 2.75) is 31.8 Å². The van der Waals surface area contributed by atoms with Gasteiger partial charge in [-0.2, -0.15) is 0 Å². The minimum atomic E-state index is -4.79. The van der Waals surface area contributed by atoms with Gasteiger partial charge in [-0.05, 0) is 43.4 Å². The number of pyridine rings is 2. The zero-order valence-corrected chi connectivity index (χ0v) is 18.3. The summed E-state index contributed by atoms with van der Waals surface area (Å²) in [6.45, 7) is 2.39. The van der Waals surface area contributed by atoms with E-state index in [0.29, 0.717) is 11.7 Å². The molecule has 33 heavy (non-hydrogen) atoms. The molecule has 2 aromatic rings. The second-order valence-corrected chi connectivity index (χ2v) is 7.96. The Balaban J connectivity index is 1.64. The van der Waals surface area contributed by atoms with Crippen LogP contribution in [0.3, 0.4) is 0 Å². The van der Waals surface area contributed by atoms with Crippen LogP contribution in [0.25, 0.3) is 0 Å². The Hall–Kier alpha value is -3.14. The minimum Gasteiger partial charge on any atom is -0.406 e. The molecule has 2 aromatic heterocycles. The molecule has 1 saturated heterocycles. The van der Waals surface area contributed by atoms with Gasteiger partial charge in [-0.3, -0.25) is 14.9 Å². The van der Waals surface area contributed by atoms with Gasteiger partial charge >= 0.3 is 6.36 Å². The molecule has 176 valence electrons. The second kappa shape index (κ2) is 10.2. The Morgan fingerprint density at radius 3 is 2.67 bits per heavy atom. The predicted molar refractivity (Wildman–Crippen MR) is 118 cm³/mol. The summed E-state index contributed by atoms with van der Waals surface area (Å²) in [4.78, 5) is 17.2. The first kappa shape index (κ1) is 23.0. The summed E-state index contributed by atoms with van der Waals surface area (Å²) in [6.07, 6.45) is 6.01. The van der Waals surface area contributed by atoms with Gasteiger partial charge in [0.05, 0.1) is 0 Å². The van der Waals surface area contributed by atoms with Crippen LogP contribution < -0.4 is 9.64 Å². The van der Waals surface area contributed by atoms with Crippen molar-refractivity contribution < 1.29 is 22.6 Å². The summed E-state index contributed by atoms with van der Waals surface area (Å²) in [7, 11) is 1.71. The van der Waals surface area contributed by atoms with E-state index in [1.807, 2.05) is 17.0 Å². The standard InChI is InChI=1S/C23H26F3N5O2/c1-32-14-8-17-6-12-30(13-7-17)21-5-11-29-22(18-3-2-9-27-16-18)31(21)20-15-19(4-10-28-20)33-23(24,25)26/h2-5,9-11,15-17,22H,6-8,12-14H2,1H3. The number of rotatable bonds is 7. The zero-order valence-electron chi connectivity index (χ0n) is 18.3. The van der Waals surface area contributed by atoms with Crippen molar-refractivity contribution in [3.05, 3.63) is 60.3 Å². The van der Waals surface area contributed by atoms with Crippen LogP contribution in [0.15, 0.2) is 59.7 Å². The van der Waals surface area contributed by atoms with Crippen molar-refractivity contribution in [3.8, 4) is 5.75 Å². The van der Waals surface area contributed by atoms with Crippen molar-refractivity contribution in [2.24, 2.45) is 10.9 Å². The van der Waals surface area contributed by atoms with Gasteiger partial charge in [0.1, 0.15) is 17.4 Å². The monoisotopic (exact) mass is 461 g/mol. The number of piperidine rings is 1. The highest BCUT2D eigenvalue weighted by atomic mass is 19.4. The first-order valence-corrected chi connectivity index (χ1v) is 10.8. The molecule has 0 spiro atoms. The smallest absolute Gasteiger partial charge is 0.406 e. The van der Waals surface area contributed by atoms with E-state index in [2.05, 4.69) is 24.6 Å². The maximum absolute atomic E-state index is 12.8. The van der Waals surface area contributed by atoms with E-state index in [0.717, 1.165) is 50.3 Å². The Bertz CT molecular complexity index is 976. The number of hydrogen-bond acceptors (Lipinski definition) is 7. The predicted octanol–water partition coefficient (Wildman–Crippen LogP) is 4.55. The van der Waals surface area contributed by atoms with Crippen molar-refractivity contribution in [2.75, 3.05) is 31.7 Å². The van der Waals surface area contributed by atoms with Gasteiger partial charge in [-0.1, -0.05) is 6.07 Å². The fourth-order valence-corrected chi connectivity index (χ4v) is 4.19. The molecule has 10 heteroatoms. The van der Waals surface area contributed by atoms with Crippen LogP contribution in [0.1, 0.15) is 31.0 Å². The van der Waals surface area contributed by atoms with Gasteiger partial charge in [0.25, 0.3) is 0 Å². The van der Waals surface area contributed by atoms with Crippen LogP contribution >= 0.6 is 0 Å². The number of aliphatic imine (C=N–C) groups is 1. The average Bonchev–Trinajstić information content (AvgIpc) is 2.82. The molecular weight excluding hydrogens is 435 g/mol. The topological polar surface area (TPSA) is 63.1 Å². The van der Waals surface area contributed by atoms with Crippen molar-refractivity contribution in [1.82, 2.24) is 14.9 Å². The lowest BCUT2D eigenvalue weighted by Gasteiger charge is -2.42. The van der Waals surface area contributed by atoms with E-state index in [4.69, 9.17) is 4.74 Å². The number of allylic oxidation sites excluding steroid dienone is 1. The Morgan fingerprint density at radius 2 is 1.97 bits per heavy atom. The molecule has 1 atom stereocenters. The van der Waals surface area contributed by atoms with E-state index in [1.54, 1.807) is 31.8 Å². The lowest BCUT2D eigenvalue weighted by Crippen LogP contribution is -2.43. The van der Waals surface area contributed by atoms with Gasteiger partial charge in [0.15, 0.2) is 6.17 Å². The van der Waals surface area contributed by atoms with Gasteiger partial charge in [0, 0.05) is 63.2 Å². The minimum absolute atomic E-state index is 0.315. The highest BCUT2D eigenvalue weighted by molar-refractivity contribution is 5.76. The van der Waals surface area contributed by atoms with E-state index in [1.165, 1.54) is 18.3 Å². The molecule has 7 nitrogen and oxygen atoms in total. The SMILES string of the molecule is COCCC1CCN(C2=CC=NC(c3cccnc3)N2c2cc(OC(F)(F)F)ccn2)CC1. The molecule has 2 aliphatic heterocycles. The van der Waals surface area contributed by atoms with Crippen molar-refractivity contribution in [1.29, 1.82) is 0 Å². The Kier molecular flexibility index (Phi) is 7.12. The molecule has 0 amide bonds. The molecule has 0 saturated carbocycles. The summed E-state index contributed by atoms with van der Waals surface area (Å²) >= 11 is 0. The first-order chi connectivity index (χ1) is 15.9. The molecule has 0 aliphatic carbocycles. The molecule has 2 aliphatic rings. The van der Waals surface area contributed by atoms with Gasteiger partial charge in [0.2, 0.25) is 0 Å². The maximum Gasteiger partial charge on any atom is 0.573 e. The van der Waals surface area contributed by atoms with Crippen molar-refractivity contribution in [3.63, 3.8) is 0 Å². The fourth-order valence-electron chi connectivity index (χ4n) is 4.19. The van der Waals surface area contributed by atoms with Gasteiger partial charge in [-0.25, -0.2) is 4.98 Å². The largest absolute Gasteiger partial charge is 0.573 e. The van der Waals surface area contributed by atoms with E-state index < -0.39 is 12.5 Å². The van der Waals surface area contributed by atoms with Crippen LogP contribution in [-0.2, 0) is 4.74 Å². The van der Waals surface area contributed by atoms with E-state index in [-0.39, 0.29) is 5.75 Å². The van der Waals surface area contributed by atoms with E-state index in [9.17, 15) is 13.2 Å². The summed E-state index contributed by atoms with van der Waals surface area (Å²) in [5.41, 5.74) is 0.804. The third-order valence-corrected chi connectivity index (χ3v) is 5.79. The fraction of sp³-hybridized carbons (Fsp3) is 0.435. The number of aromatic nitrogens is 2. The zero-order chi connectivity index (χ0) is 23.3. The highest BCUT2D eigenvalue weighted by Gasteiger charge is 2.34. The van der Waals surface area contributed by atoms with E-state index >= 15 is 0 Å². The van der Waals surface area contributed by atoms with Gasteiger partial charge in [-0.15, -0.1) is 13.2 Å². The molecule has 1 fully saturated rings. The number of nitrogens with zero attached hydrogens (tertiary/aromatic N) is 5. The summed E-state index contributed by atoms with van der Waals surface area (Å²) < 4.78 is 47.9. The number of hydrogen-bond donors (Lipinski definition) is 0. The number of ether oxygens (including phenoxy) is 2. The molecule has 4 rings (SSSR count). The van der Waals surface area contributed by atoms with Crippen LogP contribution in [0.4, 0.5) is 19.0 Å². The Labute approximate surface area is 190 Å².